The average Bonchev–Trinajstić information content (AvgIpc) is 3.05. The van der Waals surface area contributed by atoms with Gasteiger partial charge in [-0.3, -0.25) is 9.59 Å². The lowest BCUT2D eigenvalue weighted by Gasteiger charge is -2.26. The van der Waals surface area contributed by atoms with Crippen molar-refractivity contribution in [1.82, 2.24) is 0 Å². The number of carbonyl (C=O) groups is 2. The number of nitrogens with zero attached hydrogens (tertiary/aromatic N) is 2. The number of rotatable bonds is 6. The molecule has 0 spiro atoms. The first-order chi connectivity index (χ1) is 13.2. The van der Waals surface area contributed by atoms with Crippen molar-refractivity contribution in [3.05, 3.63) is 23.2 Å². The van der Waals surface area contributed by atoms with Crippen molar-refractivity contribution < 1.29 is 27.9 Å². The molecule has 2 saturated heterocycles. The van der Waals surface area contributed by atoms with E-state index in [2.05, 4.69) is 4.99 Å². The number of methoxy groups -OCH3 is 1. The number of sulfone groups is 1. The number of hydrogen-bond donors (Lipinski definition) is 1. The van der Waals surface area contributed by atoms with Crippen LogP contribution in [0.3, 0.4) is 0 Å². The molecule has 1 N–H and O–H groups in total. The van der Waals surface area contributed by atoms with E-state index in [0.717, 1.165) is 0 Å². The molecule has 1 aromatic rings. The van der Waals surface area contributed by atoms with E-state index in [9.17, 15) is 18.0 Å². The maximum Gasteiger partial charge on any atom is 0.303 e. The van der Waals surface area contributed by atoms with Crippen LogP contribution in [0.1, 0.15) is 19.3 Å². The number of aliphatic imine (C=N–C) groups is 1. The highest BCUT2D eigenvalue weighted by Gasteiger charge is 2.50. The van der Waals surface area contributed by atoms with Crippen LogP contribution in [0.2, 0.25) is 5.02 Å². The Morgan fingerprint density at radius 1 is 1.36 bits per heavy atom. The minimum atomic E-state index is -3.18. The summed E-state index contributed by atoms with van der Waals surface area (Å²) in [6.07, 6.45) is 0.0959. The van der Waals surface area contributed by atoms with Gasteiger partial charge in [0.2, 0.25) is 5.91 Å². The number of carboxylic acid groups (broad SMARTS) is 1. The Hall–Kier alpha value is -1.78. The lowest BCUT2D eigenvalue weighted by Crippen LogP contribution is -2.38. The monoisotopic (exact) mass is 446 g/mol. The van der Waals surface area contributed by atoms with Crippen molar-refractivity contribution in [2.24, 2.45) is 4.99 Å². The number of carbonyl (C=O) groups excluding carboxylic acids is 1. The molecule has 2 fully saturated rings. The van der Waals surface area contributed by atoms with E-state index < -0.39 is 21.7 Å². The molecule has 1 amide bonds. The standard InChI is InChI=1S/C17H19ClN2O6S2/c1-26-13-7-10(18)5-6-11(13)20-12-8-28(24,25)9-14(12)27-17(20)19-15(21)3-2-4-16(22)23/h5-7,12,14H,2-4,8-9H2,1H3,(H,22,23). The maximum absolute atomic E-state index is 12.2. The normalized spacial score (nSPS) is 24.4. The van der Waals surface area contributed by atoms with Crippen LogP contribution in [0.15, 0.2) is 23.2 Å². The van der Waals surface area contributed by atoms with E-state index in [0.29, 0.717) is 21.6 Å². The average molecular weight is 447 g/mol. The van der Waals surface area contributed by atoms with Gasteiger partial charge in [-0.15, -0.1) is 0 Å². The molecule has 2 unspecified atom stereocenters. The molecular formula is C17H19ClN2O6S2. The first-order valence-corrected chi connectivity index (χ1v) is 11.6. The van der Waals surface area contributed by atoms with Gasteiger partial charge in [0.05, 0.1) is 30.3 Å². The number of aliphatic carboxylic acids is 1. The Morgan fingerprint density at radius 3 is 2.79 bits per heavy atom. The van der Waals surface area contributed by atoms with Gasteiger partial charge in [-0.2, -0.15) is 4.99 Å². The Morgan fingerprint density at radius 2 is 2.11 bits per heavy atom. The van der Waals surface area contributed by atoms with Gasteiger partial charge in [0.25, 0.3) is 0 Å². The van der Waals surface area contributed by atoms with Crippen LogP contribution in [0, 0.1) is 0 Å². The number of fused-ring (bicyclic) bond motifs is 1. The fourth-order valence-corrected chi connectivity index (χ4v) is 7.34. The molecule has 2 aliphatic heterocycles. The summed E-state index contributed by atoms with van der Waals surface area (Å²) in [4.78, 5) is 28.7. The summed E-state index contributed by atoms with van der Waals surface area (Å²) in [5.41, 5.74) is 0.584. The molecule has 8 nitrogen and oxygen atoms in total. The summed E-state index contributed by atoms with van der Waals surface area (Å²) in [6, 6.07) is 4.62. The molecular weight excluding hydrogens is 428 g/mol. The zero-order valence-electron chi connectivity index (χ0n) is 15.0. The van der Waals surface area contributed by atoms with Gasteiger partial charge in [0.1, 0.15) is 5.75 Å². The predicted molar refractivity (Wildman–Crippen MR) is 108 cm³/mol. The highest BCUT2D eigenvalue weighted by molar-refractivity contribution is 8.16. The molecule has 0 aliphatic carbocycles. The Bertz CT molecular complexity index is 934. The number of amides is 1. The van der Waals surface area contributed by atoms with E-state index >= 15 is 0 Å². The molecule has 2 aliphatic rings. The molecule has 0 bridgehead atoms. The number of halogens is 1. The van der Waals surface area contributed by atoms with Crippen molar-refractivity contribution in [3.63, 3.8) is 0 Å². The van der Waals surface area contributed by atoms with Crippen LogP contribution >= 0.6 is 23.4 Å². The van der Waals surface area contributed by atoms with E-state index in [1.807, 2.05) is 0 Å². The quantitative estimate of drug-likeness (QED) is 0.707. The van der Waals surface area contributed by atoms with Gasteiger partial charge < -0.3 is 14.7 Å². The number of thioether (sulfide) groups is 1. The summed E-state index contributed by atoms with van der Waals surface area (Å²) >= 11 is 7.28. The minimum Gasteiger partial charge on any atom is -0.495 e. The van der Waals surface area contributed by atoms with E-state index in [1.54, 1.807) is 23.1 Å². The molecule has 152 valence electrons. The number of amidine groups is 1. The number of hydrogen-bond acceptors (Lipinski definition) is 6. The van der Waals surface area contributed by atoms with Gasteiger partial charge >= 0.3 is 5.97 Å². The zero-order chi connectivity index (χ0) is 20.5. The van der Waals surface area contributed by atoms with Gasteiger partial charge in [0.15, 0.2) is 15.0 Å². The Balaban J connectivity index is 1.92. The largest absolute Gasteiger partial charge is 0.495 e. The Labute approximate surface area is 171 Å². The second kappa shape index (κ2) is 8.30. The maximum atomic E-state index is 12.2. The second-order valence-electron chi connectivity index (χ2n) is 6.52. The van der Waals surface area contributed by atoms with Crippen LogP contribution in [-0.2, 0) is 19.4 Å². The van der Waals surface area contributed by atoms with Crippen molar-refractivity contribution in [2.45, 2.75) is 30.6 Å². The van der Waals surface area contributed by atoms with Crippen molar-refractivity contribution in [3.8, 4) is 5.75 Å². The molecule has 1 aromatic carbocycles. The van der Waals surface area contributed by atoms with E-state index in [-0.39, 0.29) is 42.1 Å². The highest BCUT2D eigenvalue weighted by Crippen LogP contribution is 2.44. The lowest BCUT2D eigenvalue weighted by atomic mass is 10.2. The predicted octanol–water partition coefficient (Wildman–Crippen LogP) is 2.20. The van der Waals surface area contributed by atoms with Crippen LogP contribution in [0.4, 0.5) is 5.69 Å². The number of anilines is 1. The number of carboxylic acids is 1. The summed E-state index contributed by atoms with van der Waals surface area (Å²) in [5, 5.41) is 9.32. The SMILES string of the molecule is COc1cc(Cl)ccc1N1C(=NC(=O)CCCC(=O)O)SC2CS(=O)(=O)CC21. The summed E-state index contributed by atoms with van der Waals surface area (Å²) in [5.74, 6) is -0.986. The topological polar surface area (TPSA) is 113 Å². The smallest absolute Gasteiger partial charge is 0.303 e. The van der Waals surface area contributed by atoms with Gasteiger partial charge in [-0.05, 0) is 18.6 Å². The van der Waals surface area contributed by atoms with Gasteiger partial charge in [-0.1, -0.05) is 23.4 Å². The number of benzene rings is 1. The molecule has 0 radical (unpaired) electrons. The fraction of sp³-hybridized carbons (Fsp3) is 0.471. The van der Waals surface area contributed by atoms with E-state index in [1.165, 1.54) is 18.9 Å². The summed E-state index contributed by atoms with van der Waals surface area (Å²) in [6.45, 7) is 0. The fourth-order valence-electron chi connectivity index (χ4n) is 3.25. The van der Waals surface area contributed by atoms with Crippen LogP contribution in [-0.4, -0.2) is 60.5 Å². The Kier molecular flexibility index (Phi) is 6.21. The summed E-state index contributed by atoms with van der Waals surface area (Å²) < 4.78 is 29.6. The third-order valence-electron chi connectivity index (χ3n) is 4.47. The first kappa shape index (κ1) is 20.9. The summed E-state index contributed by atoms with van der Waals surface area (Å²) in [7, 11) is -1.70. The minimum absolute atomic E-state index is 0.00951. The molecule has 28 heavy (non-hydrogen) atoms. The van der Waals surface area contributed by atoms with Gasteiger partial charge in [-0.25, -0.2) is 8.42 Å². The molecule has 11 heteroatoms. The third-order valence-corrected chi connectivity index (χ3v) is 7.91. The van der Waals surface area contributed by atoms with Crippen molar-refractivity contribution >= 4 is 55.9 Å². The highest BCUT2D eigenvalue weighted by atomic mass is 35.5. The van der Waals surface area contributed by atoms with Gasteiger partial charge in [0, 0.05) is 29.2 Å². The second-order valence-corrected chi connectivity index (χ2v) is 10.3. The third kappa shape index (κ3) is 4.61. The van der Waals surface area contributed by atoms with Crippen LogP contribution < -0.4 is 9.64 Å². The van der Waals surface area contributed by atoms with Crippen LogP contribution in [0.5, 0.6) is 5.75 Å². The van der Waals surface area contributed by atoms with Crippen molar-refractivity contribution in [2.75, 3.05) is 23.5 Å². The van der Waals surface area contributed by atoms with Crippen molar-refractivity contribution in [1.29, 1.82) is 0 Å². The van der Waals surface area contributed by atoms with E-state index in [4.69, 9.17) is 21.4 Å². The zero-order valence-corrected chi connectivity index (χ0v) is 17.4. The molecule has 3 rings (SSSR count). The van der Waals surface area contributed by atoms with Crippen LogP contribution in [0.25, 0.3) is 0 Å². The first-order valence-electron chi connectivity index (χ1n) is 8.53. The number of ether oxygens (including phenoxy) is 1. The molecule has 2 heterocycles. The lowest BCUT2D eigenvalue weighted by molar-refractivity contribution is -0.137. The molecule has 0 saturated carbocycles. The molecule has 0 aromatic heterocycles. The molecule has 2 atom stereocenters.